The lowest BCUT2D eigenvalue weighted by Crippen LogP contribution is -2.08. The number of allylic oxidation sites excluding steroid dienone is 1. The van der Waals surface area contributed by atoms with Crippen LogP contribution < -0.4 is 0 Å². The Morgan fingerprint density at radius 3 is 2.12 bits per heavy atom. The highest BCUT2D eigenvalue weighted by Crippen LogP contribution is 2.22. The Kier molecular flexibility index (Phi) is 4.45. The zero-order valence-corrected chi connectivity index (χ0v) is 10.7. The van der Waals surface area contributed by atoms with Crippen molar-refractivity contribution in [1.82, 2.24) is 0 Å². The molecule has 1 aromatic rings. The monoisotopic (exact) mass is 298 g/mol. The maximum absolute atomic E-state index is 11.0. The van der Waals surface area contributed by atoms with Crippen LogP contribution in [0.2, 0.25) is 0 Å². The van der Waals surface area contributed by atoms with Crippen LogP contribution >= 0.6 is 15.9 Å². The average Bonchev–Trinajstić information content (AvgIpc) is 2.25. The van der Waals surface area contributed by atoms with E-state index < -0.39 is 18.4 Å². The molecule has 0 heterocycles. The van der Waals surface area contributed by atoms with Crippen LogP contribution in [0.5, 0.6) is 0 Å². The molecule has 0 amide bonds. The van der Waals surface area contributed by atoms with Crippen molar-refractivity contribution in [2.45, 2.75) is 13.3 Å². The van der Waals surface area contributed by atoms with Crippen LogP contribution in [0.4, 0.5) is 0 Å². The number of carboxylic acid groups (broad SMARTS) is 2. The van der Waals surface area contributed by atoms with Gasteiger partial charge in [0.2, 0.25) is 0 Å². The van der Waals surface area contributed by atoms with E-state index >= 15 is 0 Å². The first-order valence-electron chi connectivity index (χ1n) is 4.82. The lowest BCUT2D eigenvalue weighted by molar-refractivity contribution is -0.139. The largest absolute Gasteiger partial charge is 0.481 e. The molecule has 0 saturated heterocycles. The summed E-state index contributed by atoms with van der Waals surface area (Å²) >= 11 is 3.27. The second-order valence-corrected chi connectivity index (χ2v) is 4.40. The van der Waals surface area contributed by atoms with Gasteiger partial charge in [0.25, 0.3) is 0 Å². The maximum Gasteiger partial charge on any atom is 0.332 e. The number of halogens is 1. The van der Waals surface area contributed by atoms with Crippen LogP contribution in [0.25, 0.3) is 5.57 Å². The maximum atomic E-state index is 11.0. The topological polar surface area (TPSA) is 74.6 Å². The third-order valence-corrected chi connectivity index (χ3v) is 2.84. The lowest BCUT2D eigenvalue weighted by Gasteiger charge is -2.07. The van der Waals surface area contributed by atoms with Crippen molar-refractivity contribution >= 4 is 33.4 Å². The Labute approximate surface area is 107 Å². The average molecular weight is 299 g/mol. The SMILES string of the molecule is C/C(=C(\CC(=O)O)C(=O)O)c1ccc(Br)cc1. The number of carbonyl (C=O) groups is 2. The van der Waals surface area contributed by atoms with Crippen molar-refractivity contribution < 1.29 is 19.8 Å². The van der Waals surface area contributed by atoms with Gasteiger partial charge in [0.05, 0.1) is 12.0 Å². The van der Waals surface area contributed by atoms with Crippen LogP contribution in [0, 0.1) is 0 Å². The van der Waals surface area contributed by atoms with E-state index in [-0.39, 0.29) is 5.57 Å². The van der Waals surface area contributed by atoms with Gasteiger partial charge in [0, 0.05) is 4.47 Å². The highest BCUT2D eigenvalue weighted by Gasteiger charge is 2.16. The summed E-state index contributed by atoms with van der Waals surface area (Å²) in [6.45, 7) is 1.61. The van der Waals surface area contributed by atoms with E-state index in [1.165, 1.54) is 0 Å². The molecule has 5 heteroatoms. The molecule has 0 radical (unpaired) electrons. The highest BCUT2D eigenvalue weighted by molar-refractivity contribution is 9.10. The smallest absolute Gasteiger partial charge is 0.332 e. The zero-order chi connectivity index (χ0) is 13.0. The Bertz CT molecular complexity index is 474. The number of rotatable bonds is 4. The van der Waals surface area contributed by atoms with Crippen LogP contribution in [0.3, 0.4) is 0 Å². The number of benzene rings is 1. The minimum absolute atomic E-state index is 0.0974. The molecule has 2 N–H and O–H groups in total. The number of hydrogen-bond donors (Lipinski definition) is 2. The summed E-state index contributed by atoms with van der Waals surface area (Å²) in [5.74, 6) is -2.35. The first kappa shape index (κ1) is 13.4. The van der Waals surface area contributed by atoms with Crippen molar-refractivity contribution in [3.05, 3.63) is 39.9 Å². The van der Waals surface area contributed by atoms with Crippen LogP contribution in [0.1, 0.15) is 18.9 Å². The molecule has 0 fully saturated rings. The van der Waals surface area contributed by atoms with Crippen molar-refractivity contribution in [2.75, 3.05) is 0 Å². The minimum Gasteiger partial charge on any atom is -0.481 e. The fraction of sp³-hybridized carbons (Fsp3) is 0.167. The molecular weight excluding hydrogens is 288 g/mol. The quantitative estimate of drug-likeness (QED) is 0.838. The van der Waals surface area contributed by atoms with Crippen molar-refractivity contribution in [3.63, 3.8) is 0 Å². The van der Waals surface area contributed by atoms with Gasteiger partial charge in [-0.2, -0.15) is 0 Å². The van der Waals surface area contributed by atoms with E-state index in [1.807, 2.05) is 0 Å². The molecule has 0 spiro atoms. The fourth-order valence-electron chi connectivity index (χ4n) is 1.39. The fourth-order valence-corrected chi connectivity index (χ4v) is 1.66. The Morgan fingerprint density at radius 2 is 1.71 bits per heavy atom. The third kappa shape index (κ3) is 3.71. The van der Waals surface area contributed by atoms with Gasteiger partial charge in [-0.3, -0.25) is 4.79 Å². The lowest BCUT2D eigenvalue weighted by atomic mass is 9.99. The number of aliphatic carboxylic acids is 2. The van der Waals surface area contributed by atoms with Crippen molar-refractivity contribution in [1.29, 1.82) is 0 Å². The third-order valence-electron chi connectivity index (χ3n) is 2.32. The first-order chi connectivity index (χ1) is 7.91. The molecule has 4 nitrogen and oxygen atoms in total. The van der Waals surface area contributed by atoms with Gasteiger partial charge in [-0.15, -0.1) is 0 Å². The van der Waals surface area contributed by atoms with E-state index in [9.17, 15) is 9.59 Å². The summed E-state index contributed by atoms with van der Waals surface area (Å²) in [5, 5.41) is 17.6. The summed E-state index contributed by atoms with van der Waals surface area (Å²) in [6.07, 6.45) is -0.489. The Morgan fingerprint density at radius 1 is 1.18 bits per heavy atom. The molecule has 1 rings (SSSR count). The van der Waals surface area contributed by atoms with Gasteiger partial charge in [0.1, 0.15) is 0 Å². The van der Waals surface area contributed by atoms with Gasteiger partial charge in [0.15, 0.2) is 0 Å². The summed E-state index contributed by atoms with van der Waals surface area (Å²) in [4.78, 5) is 21.6. The molecule has 0 aliphatic rings. The molecule has 0 bridgehead atoms. The van der Waals surface area contributed by atoms with Gasteiger partial charge < -0.3 is 10.2 Å². The molecule has 1 aromatic carbocycles. The number of carboxylic acids is 2. The predicted octanol–water partition coefficient (Wildman–Crippen LogP) is 2.78. The predicted molar refractivity (Wildman–Crippen MR) is 66.6 cm³/mol. The molecular formula is C12H11BrO4. The molecule has 17 heavy (non-hydrogen) atoms. The summed E-state index contributed by atoms with van der Waals surface area (Å²) in [7, 11) is 0. The summed E-state index contributed by atoms with van der Waals surface area (Å²) in [6, 6.07) is 7.03. The summed E-state index contributed by atoms with van der Waals surface area (Å²) in [5.41, 5.74) is 1.07. The zero-order valence-electron chi connectivity index (χ0n) is 9.11. The van der Waals surface area contributed by atoms with Crippen molar-refractivity contribution in [3.8, 4) is 0 Å². The van der Waals surface area contributed by atoms with E-state index in [4.69, 9.17) is 10.2 Å². The molecule has 0 aliphatic carbocycles. The van der Waals surface area contributed by atoms with E-state index in [0.29, 0.717) is 11.1 Å². The highest BCUT2D eigenvalue weighted by atomic mass is 79.9. The van der Waals surface area contributed by atoms with Crippen LogP contribution in [-0.2, 0) is 9.59 Å². The van der Waals surface area contributed by atoms with E-state index in [2.05, 4.69) is 15.9 Å². The van der Waals surface area contributed by atoms with Crippen LogP contribution in [0.15, 0.2) is 34.3 Å². The number of hydrogen-bond acceptors (Lipinski definition) is 2. The van der Waals surface area contributed by atoms with E-state index in [1.54, 1.807) is 31.2 Å². The molecule has 0 aliphatic heterocycles. The second-order valence-electron chi connectivity index (χ2n) is 3.49. The van der Waals surface area contributed by atoms with E-state index in [0.717, 1.165) is 4.47 Å². The molecule has 0 atom stereocenters. The van der Waals surface area contributed by atoms with Gasteiger partial charge in [-0.05, 0) is 30.2 Å². The molecule has 0 unspecified atom stereocenters. The summed E-state index contributed by atoms with van der Waals surface area (Å²) < 4.78 is 0.879. The Hall–Kier alpha value is -1.62. The van der Waals surface area contributed by atoms with Crippen LogP contribution in [-0.4, -0.2) is 22.2 Å². The standard InChI is InChI=1S/C12H11BrO4/c1-7(8-2-4-9(13)5-3-8)10(12(16)17)6-11(14)15/h2-5H,6H2,1H3,(H,14,15)(H,16,17)/b10-7-. The molecule has 90 valence electrons. The normalized spacial score (nSPS) is 11.9. The van der Waals surface area contributed by atoms with Gasteiger partial charge in [-0.25, -0.2) is 4.79 Å². The van der Waals surface area contributed by atoms with Crippen molar-refractivity contribution in [2.24, 2.45) is 0 Å². The second kappa shape index (κ2) is 5.63. The van der Waals surface area contributed by atoms with Gasteiger partial charge in [-0.1, -0.05) is 28.1 Å². The molecule has 0 saturated carbocycles. The van der Waals surface area contributed by atoms with Gasteiger partial charge >= 0.3 is 11.9 Å². The Balaban J connectivity index is 3.19. The minimum atomic E-state index is -1.20. The molecule has 0 aromatic heterocycles. The first-order valence-corrected chi connectivity index (χ1v) is 5.62.